The lowest BCUT2D eigenvalue weighted by molar-refractivity contribution is -0.117. The van der Waals surface area contributed by atoms with E-state index in [1.165, 1.54) is 0 Å². The highest BCUT2D eigenvalue weighted by Crippen LogP contribution is 2.10. The van der Waals surface area contributed by atoms with E-state index in [4.69, 9.17) is 5.73 Å². The van der Waals surface area contributed by atoms with Gasteiger partial charge in [-0.05, 0) is 43.0 Å². The van der Waals surface area contributed by atoms with E-state index in [-0.39, 0.29) is 11.9 Å². The van der Waals surface area contributed by atoms with Crippen LogP contribution in [0.15, 0.2) is 30.3 Å². The second-order valence-electron chi connectivity index (χ2n) is 5.16. The first kappa shape index (κ1) is 15.3. The molecular formula is C16H24N2O. The third-order valence-corrected chi connectivity index (χ3v) is 3.18. The van der Waals surface area contributed by atoms with Crippen molar-refractivity contribution in [2.45, 2.75) is 39.7 Å². The lowest BCUT2D eigenvalue weighted by atomic mass is 10.0. The maximum Gasteiger partial charge on any atom is 0.244 e. The van der Waals surface area contributed by atoms with Crippen molar-refractivity contribution >= 4 is 17.7 Å². The van der Waals surface area contributed by atoms with Gasteiger partial charge in [-0.1, -0.05) is 32.4 Å². The number of nitrogens with one attached hydrogen (secondary N) is 1. The third-order valence-electron chi connectivity index (χ3n) is 3.18. The molecule has 0 saturated heterocycles. The van der Waals surface area contributed by atoms with Crippen LogP contribution in [0.25, 0.3) is 6.08 Å². The molecule has 1 rings (SSSR count). The highest BCUT2D eigenvalue weighted by Gasteiger charge is 2.08. The zero-order valence-corrected chi connectivity index (χ0v) is 12.0. The first-order valence-electron chi connectivity index (χ1n) is 6.85. The molecule has 3 N–H and O–H groups in total. The fourth-order valence-corrected chi connectivity index (χ4v) is 1.95. The number of amides is 1. The number of nitrogen functional groups attached to an aromatic ring is 1. The molecule has 1 aromatic carbocycles. The zero-order valence-electron chi connectivity index (χ0n) is 12.0. The molecule has 0 aliphatic carbocycles. The Bertz CT molecular complexity index is 440. The molecule has 0 spiro atoms. The smallest absolute Gasteiger partial charge is 0.244 e. The number of nitrogens with two attached hydrogens (primary N) is 1. The lowest BCUT2D eigenvalue weighted by Gasteiger charge is -2.16. The average molecular weight is 260 g/mol. The van der Waals surface area contributed by atoms with Gasteiger partial charge in [0.1, 0.15) is 0 Å². The number of carbonyl (C=O) groups excluding carboxylic acids is 1. The number of hydrogen-bond donors (Lipinski definition) is 2. The van der Waals surface area contributed by atoms with Crippen LogP contribution in [-0.4, -0.2) is 11.9 Å². The first-order chi connectivity index (χ1) is 9.01. The molecule has 3 nitrogen and oxygen atoms in total. The van der Waals surface area contributed by atoms with Crippen LogP contribution in [0.5, 0.6) is 0 Å². The summed E-state index contributed by atoms with van der Waals surface area (Å²) in [6.07, 6.45) is 5.48. The summed E-state index contributed by atoms with van der Waals surface area (Å²) in [5.41, 5.74) is 7.32. The van der Waals surface area contributed by atoms with E-state index in [1.54, 1.807) is 12.2 Å². The van der Waals surface area contributed by atoms with E-state index < -0.39 is 0 Å². The van der Waals surface area contributed by atoms with Crippen LogP contribution in [0.1, 0.15) is 39.2 Å². The Morgan fingerprint density at radius 1 is 1.42 bits per heavy atom. The van der Waals surface area contributed by atoms with Gasteiger partial charge in [0.05, 0.1) is 0 Å². The lowest BCUT2D eigenvalue weighted by Crippen LogP contribution is -2.32. The van der Waals surface area contributed by atoms with Crippen LogP contribution in [0, 0.1) is 5.92 Å². The standard InChI is InChI=1S/C16H24N2O/c1-4-12(2)10-13(3)18-16(19)9-8-14-6-5-7-15(17)11-14/h5-9,11-13H,4,10,17H2,1-3H3,(H,18,19)/b9-8+. The van der Waals surface area contributed by atoms with Crippen LogP contribution in [0.4, 0.5) is 5.69 Å². The predicted octanol–water partition coefficient (Wildman–Crippen LogP) is 3.22. The van der Waals surface area contributed by atoms with Gasteiger partial charge in [-0.3, -0.25) is 4.79 Å². The normalized spacial score (nSPS) is 14.3. The van der Waals surface area contributed by atoms with Gasteiger partial charge in [0.2, 0.25) is 5.91 Å². The molecule has 1 amide bonds. The van der Waals surface area contributed by atoms with Crippen molar-refractivity contribution in [3.8, 4) is 0 Å². The Morgan fingerprint density at radius 3 is 2.79 bits per heavy atom. The maximum atomic E-state index is 11.8. The third kappa shape index (κ3) is 6.09. The summed E-state index contributed by atoms with van der Waals surface area (Å²) in [7, 11) is 0. The van der Waals surface area contributed by atoms with E-state index >= 15 is 0 Å². The second-order valence-corrected chi connectivity index (χ2v) is 5.16. The van der Waals surface area contributed by atoms with Gasteiger partial charge in [0, 0.05) is 17.8 Å². The molecule has 0 bridgehead atoms. The molecule has 0 aliphatic heterocycles. The summed E-state index contributed by atoms with van der Waals surface area (Å²) >= 11 is 0. The van der Waals surface area contributed by atoms with Crippen molar-refractivity contribution in [2.24, 2.45) is 5.92 Å². The molecule has 0 saturated carbocycles. The van der Waals surface area contributed by atoms with Crippen molar-refractivity contribution in [3.05, 3.63) is 35.9 Å². The van der Waals surface area contributed by atoms with E-state index in [9.17, 15) is 4.79 Å². The zero-order chi connectivity index (χ0) is 14.3. The number of rotatable bonds is 6. The molecule has 2 atom stereocenters. The molecule has 2 unspecified atom stereocenters. The summed E-state index contributed by atoms with van der Waals surface area (Å²) in [5.74, 6) is 0.575. The Morgan fingerprint density at radius 2 is 2.16 bits per heavy atom. The topological polar surface area (TPSA) is 55.1 Å². The van der Waals surface area contributed by atoms with Gasteiger partial charge in [0.25, 0.3) is 0 Å². The summed E-state index contributed by atoms with van der Waals surface area (Å²) in [4.78, 5) is 11.8. The highest BCUT2D eigenvalue weighted by atomic mass is 16.1. The Hall–Kier alpha value is -1.77. The molecule has 0 heterocycles. The fraction of sp³-hybridized carbons (Fsp3) is 0.438. The highest BCUT2D eigenvalue weighted by molar-refractivity contribution is 5.91. The molecule has 104 valence electrons. The van der Waals surface area contributed by atoms with Gasteiger partial charge in [-0.2, -0.15) is 0 Å². The minimum atomic E-state index is -0.0572. The second kappa shape index (κ2) is 7.62. The SMILES string of the molecule is CCC(C)CC(C)NC(=O)/C=C/c1cccc(N)c1. The van der Waals surface area contributed by atoms with E-state index in [0.29, 0.717) is 11.6 Å². The number of hydrogen-bond acceptors (Lipinski definition) is 2. The van der Waals surface area contributed by atoms with Gasteiger partial charge in [-0.15, -0.1) is 0 Å². The molecule has 0 aliphatic rings. The molecule has 0 fully saturated rings. The van der Waals surface area contributed by atoms with Gasteiger partial charge < -0.3 is 11.1 Å². The van der Waals surface area contributed by atoms with Crippen LogP contribution < -0.4 is 11.1 Å². The van der Waals surface area contributed by atoms with E-state index in [1.807, 2.05) is 31.2 Å². The Labute approximate surface area is 115 Å². The van der Waals surface area contributed by atoms with Gasteiger partial charge in [-0.25, -0.2) is 0 Å². The summed E-state index contributed by atoms with van der Waals surface area (Å²) < 4.78 is 0. The summed E-state index contributed by atoms with van der Waals surface area (Å²) in [6.45, 7) is 6.41. The van der Waals surface area contributed by atoms with Crippen molar-refractivity contribution < 1.29 is 4.79 Å². The maximum absolute atomic E-state index is 11.8. The van der Waals surface area contributed by atoms with Crippen LogP contribution >= 0.6 is 0 Å². The first-order valence-corrected chi connectivity index (χ1v) is 6.85. The molecule has 3 heteroatoms. The Kier molecular flexibility index (Phi) is 6.13. The quantitative estimate of drug-likeness (QED) is 0.609. The molecule has 0 radical (unpaired) electrons. The van der Waals surface area contributed by atoms with Crippen molar-refractivity contribution in [3.63, 3.8) is 0 Å². The number of carbonyl (C=O) groups is 1. The monoisotopic (exact) mass is 260 g/mol. The molecule has 0 aromatic heterocycles. The van der Waals surface area contributed by atoms with Crippen LogP contribution in [-0.2, 0) is 4.79 Å². The molecule has 1 aromatic rings. The van der Waals surface area contributed by atoms with Gasteiger partial charge in [0.15, 0.2) is 0 Å². The average Bonchev–Trinajstić information content (AvgIpc) is 2.36. The molecular weight excluding hydrogens is 236 g/mol. The largest absolute Gasteiger partial charge is 0.399 e. The summed E-state index contributed by atoms with van der Waals surface area (Å²) in [5, 5.41) is 2.97. The van der Waals surface area contributed by atoms with Crippen LogP contribution in [0.3, 0.4) is 0 Å². The van der Waals surface area contributed by atoms with Crippen molar-refractivity contribution in [2.75, 3.05) is 5.73 Å². The number of benzene rings is 1. The van der Waals surface area contributed by atoms with E-state index in [2.05, 4.69) is 19.2 Å². The van der Waals surface area contributed by atoms with Crippen molar-refractivity contribution in [1.82, 2.24) is 5.32 Å². The predicted molar refractivity (Wildman–Crippen MR) is 81.6 cm³/mol. The number of anilines is 1. The van der Waals surface area contributed by atoms with E-state index in [0.717, 1.165) is 18.4 Å². The minimum Gasteiger partial charge on any atom is -0.399 e. The fourth-order valence-electron chi connectivity index (χ4n) is 1.95. The summed E-state index contributed by atoms with van der Waals surface area (Å²) in [6, 6.07) is 7.66. The molecule has 19 heavy (non-hydrogen) atoms. The van der Waals surface area contributed by atoms with Gasteiger partial charge >= 0.3 is 0 Å². The Balaban J connectivity index is 2.46. The minimum absolute atomic E-state index is 0.0572. The van der Waals surface area contributed by atoms with Crippen molar-refractivity contribution in [1.29, 1.82) is 0 Å². The van der Waals surface area contributed by atoms with Crippen LogP contribution in [0.2, 0.25) is 0 Å².